The average molecular weight is 529 g/mol. The van der Waals surface area contributed by atoms with Gasteiger partial charge in [-0.05, 0) is 59.5 Å². The zero-order chi connectivity index (χ0) is 26.8. The summed E-state index contributed by atoms with van der Waals surface area (Å²) in [4.78, 5) is 22.6. The number of hydrogen-bond acceptors (Lipinski definition) is 7. The minimum atomic E-state index is -3.68. The van der Waals surface area contributed by atoms with Crippen LogP contribution in [0, 0.1) is 5.82 Å². The molecule has 0 amide bonds. The summed E-state index contributed by atoms with van der Waals surface area (Å²) in [5, 5.41) is 21.2. The zero-order valence-corrected chi connectivity index (χ0v) is 20.3. The molecule has 4 rings (SSSR count). The van der Waals surface area contributed by atoms with Gasteiger partial charge in [0.05, 0.1) is 11.4 Å². The molecule has 10 nitrogen and oxygen atoms in total. The summed E-state index contributed by atoms with van der Waals surface area (Å²) < 4.78 is 40.2. The highest BCUT2D eigenvalue weighted by Gasteiger charge is 2.13. The van der Waals surface area contributed by atoms with Crippen LogP contribution >= 0.6 is 0 Å². The Morgan fingerprint density at radius 2 is 1.41 bits per heavy atom. The van der Waals surface area contributed by atoms with Crippen molar-refractivity contribution >= 4 is 33.6 Å². The Hall–Kier alpha value is -4.29. The maximum atomic E-state index is 13.0. The quantitative estimate of drug-likeness (QED) is 0.293. The van der Waals surface area contributed by atoms with Crippen LogP contribution in [0.1, 0.15) is 16.7 Å². The highest BCUT2D eigenvalue weighted by Crippen LogP contribution is 2.15. The molecule has 0 unspecified atom stereocenters. The van der Waals surface area contributed by atoms with Crippen LogP contribution in [0.4, 0.5) is 10.1 Å². The molecule has 12 heteroatoms. The van der Waals surface area contributed by atoms with Crippen LogP contribution in [0.25, 0.3) is 0 Å². The van der Waals surface area contributed by atoms with Gasteiger partial charge < -0.3 is 20.8 Å². The van der Waals surface area contributed by atoms with E-state index in [1.165, 1.54) is 17.7 Å². The molecule has 0 aromatic heterocycles. The first-order valence-electron chi connectivity index (χ1n) is 11.1. The zero-order valence-electron chi connectivity index (χ0n) is 19.5. The van der Waals surface area contributed by atoms with Gasteiger partial charge in [0, 0.05) is 18.8 Å². The van der Waals surface area contributed by atoms with Crippen molar-refractivity contribution in [2.45, 2.75) is 17.9 Å². The van der Waals surface area contributed by atoms with Crippen LogP contribution in [-0.2, 0) is 32.6 Å². The molecular formula is C25H25FN4O6S. The molecule has 1 aliphatic heterocycles. The minimum absolute atomic E-state index is 0.0410. The number of halogens is 1. The van der Waals surface area contributed by atoms with Gasteiger partial charge in [0.15, 0.2) is 5.96 Å². The summed E-state index contributed by atoms with van der Waals surface area (Å²) in [6.45, 7) is 1.83. The van der Waals surface area contributed by atoms with E-state index in [1.54, 1.807) is 0 Å². The smallest absolute Gasteiger partial charge is 0.414 e. The number of carboxylic acid groups (broad SMARTS) is 2. The van der Waals surface area contributed by atoms with E-state index in [4.69, 9.17) is 19.8 Å². The maximum absolute atomic E-state index is 13.0. The first-order valence-corrected chi connectivity index (χ1v) is 12.5. The average Bonchev–Trinajstić information content (AvgIpc) is 3.39. The second-order valence-corrected chi connectivity index (χ2v) is 9.63. The summed E-state index contributed by atoms with van der Waals surface area (Å²) in [5.74, 6) is -3.32. The number of aliphatic imine (C=N–C) groups is 1. The summed E-state index contributed by atoms with van der Waals surface area (Å²) in [6, 6.07) is 20.7. The van der Waals surface area contributed by atoms with Crippen LogP contribution in [0.15, 0.2) is 82.7 Å². The van der Waals surface area contributed by atoms with Gasteiger partial charge in [0.25, 0.3) is 0 Å². The van der Waals surface area contributed by atoms with E-state index in [9.17, 15) is 12.8 Å². The van der Waals surface area contributed by atoms with Crippen LogP contribution in [-0.4, -0.2) is 49.6 Å². The number of nitrogens with one attached hydrogen (secondary N) is 3. The number of anilines is 1. The monoisotopic (exact) mass is 528 g/mol. The van der Waals surface area contributed by atoms with Crippen molar-refractivity contribution in [1.82, 2.24) is 10.0 Å². The van der Waals surface area contributed by atoms with E-state index in [0.717, 1.165) is 54.4 Å². The molecule has 1 aliphatic rings. The van der Waals surface area contributed by atoms with Crippen molar-refractivity contribution in [3.63, 3.8) is 0 Å². The number of guanidine groups is 1. The normalized spacial score (nSPS) is 12.5. The molecule has 0 spiro atoms. The number of sulfonamides is 1. The molecule has 37 heavy (non-hydrogen) atoms. The van der Waals surface area contributed by atoms with Crippen molar-refractivity contribution in [3.05, 3.63) is 95.3 Å². The summed E-state index contributed by atoms with van der Waals surface area (Å²) in [7, 11) is -3.68. The first kappa shape index (κ1) is 27.3. The van der Waals surface area contributed by atoms with Gasteiger partial charge in [-0.2, -0.15) is 0 Å². The number of hydrogen-bond donors (Lipinski definition) is 5. The van der Waals surface area contributed by atoms with Gasteiger partial charge in [-0.25, -0.2) is 27.1 Å². The third-order valence-corrected chi connectivity index (χ3v) is 6.51. The lowest BCUT2D eigenvalue weighted by molar-refractivity contribution is -0.159. The Balaban J connectivity index is 0.000000568. The van der Waals surface area contributed by atoms with Crippen LogP contribution in [0.5, 0.6) is 0 Å². The topological polar surface area (TPSA) is 157 Å². The Labute approximate surface area is 212 Å². The molecule has 0 radical (unpaired) electrons. The Bertz CT molecular complexity index is 1350. The third kappa shape index (κ3) is 8.70. The fourth-order valence-corrected chi connectivity index (χ4v) is 4.23. The molecule has 0 saturated heterocycles. The van der Waals surface area contributed by atoms with E-state index in [2.05, 4.69) is 32.5 Å². The maximum Gasteiger partial charge on any atom is 0.414 e. The van der Waals surface area contributed by atoms with Crippen LogP contribution in [0.3, 0.4) is 0 Å². The minimum Gasteiger partial charge on any atom is -0.473 e. The number of carbonyl (C=O) groups is 2. The lowest BCUT2D eigenvalue weighted by atomic mass is 10.0. The van der Waals surface area contributed by atoms with E-state index in [0.29, 0.717) is 0 Å². The fourth-order valence-electron chi connectivity index (χ4n) is 3.21. The second kappa shape index (κ2) is 12.6. The molecule has 3 aromatic carbocycles. The summed E-state index contributed by atoms with van der Waals surface area (Å²) in [5.41, 5.74) is 4.14. The number of carboxylic acids is 2. The van der Waals surface area contributed by atoms with E-state index in [1.807, 2.05) is 36.4 Å². The predicted molar refractivity (Wildman–Crippen MR) is 135 cm³/mol. The van der Waals surface area contributed by atoms with Gasteiger partial charge >= 0.3 is 11.9 Å². The molecule has 5 N–H and O–H groups in total. The van der Waals surface area contributed by atoms with Crippen molar-refractivity contribution < 1.29 is 32.6 Å². The van der Waals surface area contributed by atoms with E-state index < -0.39 is 27.8 Å². The molecule has 1 heterocycles. The van der Waals surface area contributed by atoms with Crippen molar-refractivity contribution in [1.29, 1.82) is 0 Å². The molecular weight excluding hydrogens is 503 g/mol. The fraction of sp³-hybridized carbons (Fsp3) is 0.160. The first-order chi connectivity index (χ1) is 17.6. The third-order valence-electron chi connectivity index (χ3n) is 5.10. The number of benzene rings is 3. The highest BCUT2D eigenvalue weighted by molar-refractivity contribution is 7.89. The summed E-state index contributed by atoms with van der Waals surface area (Å²) in [6.07, 6.45) is 0.779. The van der Waals surface area contributed by atoms with Gasteiger partial charge in [0.1, 0.15) is 5.82 Å². The van der Waals surface area contributed by atoms with Crippen LogP contribution < -0.4 is 15.4 Å². The molecule has 0 aliphatic carbocycles. The highest BCUT2D eigenvalue weighted by atomic mass is 32.2. The molecule has 0 saturated carbocycles. The van der Waals surface area contributed by atoms with Crippen molar-refractivity contribution in [2.24, 2.45) is 4.99 Å². The Morgan fingerprint density at radius 3 is 1.92 bits per heavy atom. The molecule has 3 aromatic rings. The Morgan fingerprint density at radius 1 is 0.865 bits per heavy atom. The van der Waals surface area contributed by atoms with Crippen molar-refractivity contribution in [3.8, 4) is 0 Å². The predicted octanol–water partition coefficient (Wildman–Crippen LogP) is 2.42. The van der Waals surface area contributed by atoms with Gasteiger partial charge in [-0.1, -0.05) is 36.4 Å². The standard InChI is InChI=1S/C23H23FN4O2S.C2H2O4/c24-20-7-11-22(12-8-20)31(29,30)27-16-19-3-1-17(2-4-19)15-18-5-9-21(10-6-18)28-23-25-13-14-26-23;3-1(4)2(5)6/h1-12,27H,13-16H2,(H2,25,26,28);(H,3,4)(H,5,6). The van der Waals surface area contributed by atoms with Gasteiger partial charge in [-0.15, -0.1) is 0 Å². The molecule has 0 bridgehead atoms. The largest absolute Gasteiger partial charge is 0.473 e. The van der Waals surface area contributed by atoms with E-state index in [-0.39, 0.29) is 11.4 Å². The van der Waals surface area contributed by atoms with Gasteiger partial charge in [-0.3, -0.25) is 4.99 Å². The van der Waals surface area contributed by atoms with E-state index >= 15 is 0 Å². The summed E-state index contributed by atoms with van der Waals surface area (Å²) >= 11 is 0. The Kier molecular flexibility index (Phi) is 9.30. The second-order valence-electron chi connectivity index (χ2n) is 7.86. The number of nitrogens with zero attached hydrogens (tertiary/aromatic N) is 1. The van der Waals surface area contributed by atoms with Crippen LogP contribution in [0.2, 0.25) is 0 Å². The van der Waals surface area contributed by atoms with Gasteiger partial charge in [0.2, 0.25) is 10.0 Å². The molecule has 0 fully saturated rings. The number of rotatable bonds is 7. The lowest BCUT2D eigenvalue weighted by Crippen LogP contribution is -2.26. The number of aliphatic carboxylic acids is 2. The molecule has 194 valence electrons. The van der Waals surface area contributed by atoms with Crippen molar-refractivity contribution in [2.75, 3.05) is 18.4 Å². The lowest BCUT2D eigenvalue weighted by Gasteiger charge is -2.09. The molecule has 0 atom stereocenters. The SMILES string of the molecule is O=C(O)C(=O)O.O=S(=O)(NCc1ccc(Cc2ccc(NC3=NCCN3)cc2)cc1)c1ccc(F)cc1.